The van der Waals surface area contributed by atoms with Crippen LogP contribution in [0.3, 0.4) is 0 Å². The highest BCUT2D eigenvalue weighted by Crippen LogP contribution is 2.69. The van der Waals surface area contributed by atoms with Crippen LogP contribution in [0.4, 0.5) is 48.3 Å². The number of ether oxygens (including phenoxy) is 1. The first kappa shape index (κ1) is 22.2. The van der Waals surface area contributed by atoms with Crippen LogP contribution >= 0.6 is 0 Å². The van der Waals surface area contributed by atoms with Crippen LogP contribution in [0.15, 0.2) is 0 Å². The molecule has 1 saturated carbocycles. The van der Waals surface area contributed by atoms with Crippen LogP contribution in [0.5, 0.6) is 0 Å². The van der Waals surface area contributed by atoms with Crippen molar-refractivity contribution in [3.05, 3.63) is 0 Å². The third-order valence-corrected chi connectivity index (χ3v) is 3.45. The van der Waals surface area contributed by atoms with E-state index in [1.807, 2.05) is 0 Å². The minimum Gasteiger partial charge on any atom is -0.465 e. The van der Waals surface area contributed by atoms with Gasteiger partial charge in [0.15, 0.2) is 0 Å². The Labute approximate surface area is 136 Å². The summed E-state index contributed by atoms with van der Waals surface area (Å²) in [5.74, 6) is -41.9. The number of nitrogens with one attached hydrogen (secondary N) is 1. The Kier molecular flexibility index (Phi) is 4.99. The van der Waals surface area contributed by atoms with E-state index in [0.717, 1.165) is 0 Å². The SMILES string of the molecule is CCOC(=O)CNC(=O)C1(F)C(F)(F)C(F)(F)C(F)(F)C(F)(F)C1(F)F. The summed E-state index contributed by atoms with van der Waals surface area (Å²) in [7, 11) is 0. The number of carbonyl (C=O) groups is 2. The van der Waals surface area contributed by atoms with Crippen LogP contribution < -0.4 is 5.32 Å². The van der Waals surface area contributed by atoms with Crippen molar-refractivity contribution in [1.29, 1.82) is 0 Å². The third-order valence-electron chi connectivity index (χ3n) is 3.45. The van der Waals surface area contributed by atoms with Crippen molar-refractivity contribution >= 4 is 11.9 Å². The van der Waals surface area contributed by atoms with Crippen molar-refractivity contribution in [2.24, 2.45) is 0 Å². The Balaban J connectivity index is 3.51. The fraction of sp³-hybridized carbons (Fsp3) is 0.818. The molecular formula is C11H8F11NO3. The molecule has 1 amide bonds. The van der Waals surface area contributed by atoms with Crippen LogP contribution in [0.1, 0.15) is 6.92 Å². The maximum absolute atomic E-state index is 14.1. The molecule has 0 heterocycles. The maximum Gasteiger partial charge on any atom is 0.384 e. The highest BCUT2D eigenvalue weighted by atomic mass is 19.4. The smallest absolute Gasteiger partial charge is 0.384 e. The minimum absolute atomic E-state index is 0.413. The maximum atomic E-state index is 14.1. The van der Waals surface area contributed by atoms with E-state index in [0.29, 0.717) is 5.32 Å². The molecular weight excluding hydrogens is 403 g/mol. The molecule has 26 heavy (non-hydrogen) atoms. The number of hydrogen-bond donors (Lipinski definition) is 1. The minimum atomic E-state index is -7.41. The molecule has 15 heteroatoms. The van der Waals surface area contributed by atoms with E-state index in [4.69, 9.17) is 0 Å². The summed E-state index contributed by atoms with van der Waals surface area (Å²) in [5.41, 5.74) is -6.82. The molecule has 0 aliphatic heterocycles. The van der Waals surface area contributed by atoms with Crippen LogP contribution in [-0.4, -0.2) is 60.3 Å². The van der Waals surface area contributed by atoms with Crippen molar-refractivity contribution in [1.82, 2.24) is 5.32 Å². The summed E-state index contributed by atoms with van der Waals surface area (Å²) < 4.78 is 151. The van der Waals surface area contributed by atoms with E-state index in [2.05, 4.69) is 4.74 Å². The molecule has 1 aliphatic rings. The quantitative estimate of drug-likeness (QED) is 0.572. The van der Waals surface area contributed by atoms with E-state index >= 15 is 0 Å². The molecule has 1 fully saturated rings. The first-order chi connectivity index (χ1) is 11.4. The van der Waals surface area contributed by atoms with Gasteiger partial charge in [0.2, 0.25) is 0 Å². The molecule has 0 radical (unpaired) electrons. The third kappa shape index (κ3) is 2.27. The van der Waals surface area contributed by atoms with Gasteiger partial charge in [0.1, 0.15) is 6.54 Å². The summed E-state index contributed by atoms with van der Waals surface area (Å²) in [6.07, 6.45) is 0. The van der Waals surface area contributed by atoms with Crippen molar-refractivity contribution < 1.29 is 62.6 Å². The second kappa shape index (κ2) is 5.84. The molecule has 1 aliphatic carbocycles. The van der Waals surface area contributed by atoms with Crippen LogP contribution in [0.25, 0.3) is 0 Å². The van der Waals surface area contributed by atoms with E-state index in [1.54, 1.807) is 0 Å². The molecule has 0 atom stereocenters. The molecule has 0 aromatic rings. The number of hydrogen-bond acceptors (Lipinski definition) is 3. The molecule has 1 rings (SSSR count). The lowest BCUT2D eigenvalue weighted by molar-refractivity contribution is -0.476. The zero-order valence-electron chi connectivity index (χ0n) is 12.3. The molecule has 152 valence electrons. The number of halogens is 11. The van der Waals surface area contributed by atoms with Crippen molar-refractivity contribution in [2.75, 3.05) is 13.2 Å². The Morgan fingerprint density at radius 2 is 1.08 bits per heavy atom. The van der Waals surface area contributed by atoms with E-state index in [1.165, 1.54) is 6.92 Å². The molecule has 0 aromatic carbocycles. The van der Waals surface area contributed by atoms with Gasteiger partial charge >= 0.3 is 41.3 Å². The Bertz CT molecular complexity index is 574. The topological polar surface area (TPSA) is 55.4 Å². The fourth-order valence-electron chi connectivity index (χ4n) is 1.99. The monoisotopic (exact) mass is 411 g/mol. The van der Waals surface area contributed by atoms with Gasteiger partial charge in [0.25, 0.3) is 5.91 Å². The molecule has 0 unspecified atom stereocenters. The van der Waals surface area contributed by atoms with Gasteiger partial charge in [-0.1, -0.05) is 0 Å². The van der Waals surface area contributed by atoms with Gasteiger partial charge in [-0.25, -0.2) is 4.39 Å². The zero-order chi connectivity index (χ0) is 21.0. The average molecular weight is 411 g/mol. The Morgan fingerprint density at radius 3 is 1.42 bits per heavy atom. The summed E-state index contributed by atoms with van der Waals surface area (Å²) in [6.45, 7) is -0.912. The predicted octanol–water partition coefficient (Wildman–Crippen LogP) is 2.56. The van der Waals surface area contributed by atoms with E-state index in [9.17, 15) is 57.9 Å². The highest BCUT2D eigenvalue weighted by molar-refractivity contribution is 5.91. The van der Waals surface area contributed by atoms with Gasteiger partial charge in [0.05, 0.1) is 6.61 Å². The molecule has 0 bridgehead atoms. The Hall–Kier alpha value is -1.83. The summed E-state index contributed by atoms with van der Waals surface area (Å²) >= 11 is 0. The van der Waals surface area contributed by atoms with Gasteiger partial charge in [-0.05, 0) is 6.92 Å². The van der Waals surface area contributed by atoms with Crippen molar-refractivity contribution in [3.63, 3.8) is 0 Å². The summed E-state index contributed by atoms with van der Waals surface area (Å²) in [6, 6.07) is 0. The van der Waals surface area contributed by atoms with Crippen LogP contribution in [0.2, 0.25) is 0 Å². The molecule has 1 N–H and O–H groups in total. The van der Waals surface area contributed by atoms with Crippen LogP contribution in [-0.2, 0) is 14.3 Å². The molecule has 0 spiro atoms. The van der Waals surface area contributed by atoms with Crippen LogP contribution in [0, 0.1) is 0 Å². The molecule has 0 aromatic heterocycles. The lowest BCUT2D eigenvalue weighted by atomic mass is 9.71. The number of esters is 1. The first-order valence-electron chi connectivity index (χ1n) is 6.39. The van der Waals surface area contributed by atoms with Gasteiger partial charge in [-0.15, -0.1) is 0 Å². The van der Waals surface area contributed by atoms with Gasteiger partial charge in [-0.3, -0.25) is 9.59 Å². The summed E-state index contributed by atoms with van der Waals surface area (Å²) in [5, 5.41) is 0.632. The average Bonchev–Trinajstić information content (AvgIpc) is 2.49. The normalized spacial score (nSPS) is 26.6. The summed E-state index contributed by atoms with van der Waals surface area (Å²) in [4.78, 5) is 22.1. The van der Waals surface area contributed by atoms with Crippen molar-refractivity contribution in [2.45, 2.75) is 42.2 Å². The Morgan fingerprint density at radius 1 is 0.731 bits per heavy atom. The predicted molar refractivity (Wildman–Crippen MR) is 58.2 cm³/mol. The zero-order valence-corrected chi connectivity index (χ0v) is 12.3. The standard InChI is InChI=1S/C11H8F11NO3/c1-2-26-4(24)3-23-5(25)6(12)7(13,14)9(17,18)11(21,22)10(19,20)8(6,15)16/h2-3H2,1H3,(H,23,25). The van der Waals surface area contributed by atoms with E-state index in [-0.39, 0.29) is 0 Å². The van der Waals surface area contributed by atoms with Gasteiger partial charge < -0.3 is 10.1 Å². The first-order valence-corrected chi connectivity index (χ1v) is 6.39. The van der Waals surface area contributed by atoms with Gasteiger partial charge in [0, 0.05) is 0 Å². The molecule has 4 nitrogen and oxygen atoms in total. The number of rotatable bonds is 4. The highest BCUT2D eigenvalue weighted by Gasteiger charge is 3.02. The lowest BCUT2D eigenvalue weighted by Crippen LogP contribution is -2.86. The fourth-order valence-corrected chi connectivity index (χ4v) is 1.99. The van der Waals surface area contributed by atoms with Crippen molar-refractivity contribution in [3.8, 4) is 0 Å². The number of amides is 1. The number of carbonyl (C=O) groups excluding carboxylic acids is 2. The van der Waals surface area contributed by atoms with Gasteiger partial charge in [-0.2, -0.15) is 43.9 Å². The second-order valence-corrected chi connectivity index (χ2v) is 5.02. The second-order valence-electron chi connectivity index (χ2n) is 5.02. The largest absolute Gasteiger partial charge is 0.465 e. The lowest BCUT2D eigenvalue weighted by Gasteiger charge is -2.51. The molecule has 0 saturated heterocycles. The van der Waals surface area contributed by atoms with E-state index < -0.39 is 60.3 Å². The number of alkyl halides is 11.